The first-order chi connectivity index (χ1) is 10.5. The lowest BCUT2D eigenvalue weighted by atomic mass is 10.1. The van der Waals surface area contributed by atoms with Gasteiger partial charge in [-0.05, 0) is 16.7 Å². The van der Waals surface area contributed by atoms with Gasteiger partial charge < -0.3 is 9.66 Å². The molecular formula is C16H17NO4S. The van der Waals surface area contributed by atoms with Crippen molar-refractivity contribution in [2.75, 3.05) is 12.4 Å². The Kier molecular flexibility index (Phi) is 5.43. The van der Waals surface area contributed by atoms with Crippen molar-refractivity contribution >= 4 is 21.8 Å². The average Bonchev–Trinajstić information content (AvgIpc) is 2.47. The molecule has 0 amide bonds. The van der Waals surface area contributed by atoms with E-state index in [1.165, 1.54) is 0 Å². The van der Waals surface area contributed by atoms with Crippen LogP contribution in [0.5, 0.6) is 0 Å². The van der Waals surface area contributed by atoms with E-state index in [-0.39, 0.29) is 6.61 Å². The SMILES string of the molecule is O=S(=O)([O-])C/C(=C/c1ccccc1)c1cc[n+](CCO)cc1. The van der Waals surface area contributed by atoms with Gasteiger partial charge in [-0.25, -0.2) is 13.0 Å². The molecule has 0 unspecified atom stereocenters. The molecule has 1 N–H and O–H groups in total. The normalized spacial score (nSPS) is 12.4. The zero-order valence-electron chi connectivity index (χ0n) is 11.9. The first-order valence-electron chi connectivity index (χ1n) is 6.77. The van der Waals surface area contributed by atoms with Gasteiger partial charge in [-0.15, -0.1) is 0 Å². The van der Waals surface area contributed by atoms with Gasteiger partial charge in [-0.2, -0.15) is 0 Å². The average molecular weight is 319 g/mol. The molecule has 0 radical (unpaired) electrons. The van der Waals surface area contributed by atoms with E-state index in [1.54, 1.807) is 35.2 Å². The van der Waals surface area contributed by atoms with E-state index in [0.29, 0.717) is 17.7 Å². The molecule has 0 aliphatic heterocycles. The van der Waals surface area contributed by atoms with E-state index in [9.17, 15) is 13.0 Å². The largest absolute Gasteiger partial charge is 0.748 e. The molecule has 0 spiro atoms. The third-order valence-electron chi connectivity index (χ3n) is 3.09. The van der Waals surface area contributed by atoms with E-state index in [4.69, 9.17) is 5.11 Å². The van der Waals surface area contributed by atoms with Gasteiger partial charge >= 0.3 is 0 Å². The van der Waals surface area contributed by atoms with E-state index < -0.39 is 15.9 Å². The molecule has 0 bridgehead atoms. The number of aromatic nitrogens is 1. The van der Waals surface area contributed by atoms with E-state index >= 15 is 0 Å². The van der Waals surface area contributed by atoms with Crippen molar-refractivity contribution in [3.8, 4) is 0 Å². The molecular weight excluding hydrogens is 302 g/mol. The van der Waals surface area contributed by atoms with Crippen LogP contribution in [0.4, 0.5) is 0 Å². The first-order valence-corrected chi connectivity index (χ1v) is 8.35. The Hall–Kier alpha value is -2.02. The molecule has 5 nitrogen and oxygen atoms in total. The van der Waals surface area contributed by atoms with Crippen LogP contribution in [-0.4, -0.2) is 30.4 Å². The van der Waals surface area contributed by atoms with Crippen LogP contribution >= 0.6 is 0 Å². The second-order valence-corrected chi connectivity index (χ2v) is 6.23. The number of nitrogens with zero attached hydrogens (tertiary/aromatic N) is 1. The molecule has 0 aliphatic rings. The Morgan fingerprint density at radius 2 is 1.77 bits per heavy atom. The Balaban J connectivity index is 2.38. The highest BCUT2D eigenvalue weighted by Crippen LogP contribution is 2.19. The van der Waals surface area contributed by atoms with E-state index in [0.717, 1.165) is 5.56 Å². The van der Waals surface area contributed by atoms with Crippen molar-refractivity contribution in [3.05, 3.63) is 66.0 Å². The number of aliphatic hydroxyl groups is 1. The number of aliphatic hydroxyl groups excluding tert-OH is 1. The summed E-state index contributed by atoms with van der Waals surface area (Å²) in [5.41, 5.74) is 1.93. The zero-order valence-corrected chi connectivity index (χ0v) is 12.7. The summed E-state index contributed by atoms with van der Waals surface area (Å²) >= 11 is 0. The van der Waals surface area contributed by atoms with E-state index in [2.05, 4.69) is 0 Å². The molecule has 0 saturated carbocycles. The van der Waals surface area contributed by atoms with Crippen LogP contribution in [0.2, 0.25) is 0 Å². The van der Waals surface area contributed by atoms with E-state index in [1.807, 2.05) is 30.3 Å². The number of hydrogen-bond donors (Lipinski definition) is 1. The van der Waals surface area contributed by atoms with Gasteiger partial charge in [0.1, 0.15) is 6.61 Å². The Morgan fingerprint density at radius 3 is 2.32 bits per heavy atom. The lowest BCUT2D eigenvalue weighted by Gasteiger charge is -2.11. The monoisotopic (exact) mass is 319 g/mol. The molecule has 1 heterocycles. The maximum absolute atomic E-state index is 11.1. The summed E-state index contributed by atoms with van der Waals surface area (Å²) < 4.78 is 35.2. The summed E-state index contributed by atoms with van der Waals surface area (Å²) in [7, 11) is -4.38. The van der Waals surface area contributed by atoms with Crippen LogP contribution in [-0.2, 0) is 16.7 Å². The predicted octanol–water partition coefficient (Wildman–Crippen LogP) is 1.05. The Labute approximate surface area is 129 Å². The van der Waals surface area contributed by atoms with Gasteiger partial charge in [0.15, 0.2) is 18.9 Å². The number of rotatable bonds is 6. The van der Waals surface area contributed by atoms with Gasteiger partial charge in [0, 0.05) is 12.1 Å². The van der Waals surface area contributed by atoms with Crippen molar-refractivity contribution in [1.29, 1.82) is 0 Å². The lowest BCUT2D eigenvalue weighted by Crippen LogP contribution is -2.34. The van der Waals surface area contributed by atoms with Crippen molar-refractivity contribution in [3.63, 3.8) is 0 Å². The summed E-state index contributed by atoms with van der Waals surface area (Å²) in [6.45, 7) is 0.476. The lowest BCUT2D eigenvalue weighted by molar-refractivity contribution is -0.698. The summed E-state index contributed by atoms with van der Waals surface area (Å²) in [6.07, 6.45) is 5.17. The van der Waals surface area contributed by atoms with Crippen molar-refractivity contribution in [2.45, 2.75) is 6.54 Å². The van der Waals surface area contributed by atoms with Gasteiger partial charge in [0.2, 0.25) is 0 Å². The molecule has 0 fully saturated rings. The first kappa shape index (κ1) is 16.4. The highest BCUT2D eigenvalue weighted by Gasteiger charge is 2.09. The second kappa shape index (κ2) is 7.31. The maximum atomic E-state index is 11.1. The molecule has 0 saturated heterocycles. The summed E-state index contributed by atoms with van der Waals surface area (Å²) in [4.78, 5) is 0. The summed E-state index contributed by atoms with van der Waals surface area (Å²) in [5.74, 6) is -0.564. The third kappa shape index (κ3) is 5.07. The fourth-order valence-corrected chi connectivity index (χ4v) is 2.72. The molecule has 1 aromatic carbocycles. The van der Waals surface area contributed by atoms with Crippen LogP contribution in [0.15, 0.2) is 54.9 Å². The predicted molar refractivity (Wildman–Crippen MR) is 82.6 cm³/mol. The third-order valence-corrected chi connectivity index (χ3v) is 3.76. The van der Waals surface area contributed by atoms with Crippen molar-refractivity contribution < 1.29 is 22.6 Å². The fraction of sp³-hybridized carbons (Fsp3) is 0.188. The van der Waals surface area contributed by atoms with Crippen LogP contribution in [0.25, 0.3) is 11.6 Å². The Bertz CT molecular complexity index is 737. The minimum absolute atomic E-state index is 0.0195. The maximum Gasteiger partial charge on any atom is 0.171 e. The molecule has 116 valence electrons. The molecule has 1 aromatic heterocycles. The van der Waals surface area contributed by atoms with Crippen molar-refractivity contribution in [2.24, 2.45) is 0 Å². The second-order valence-electron chi connectivity index (χ2n) is 4.83. The van der Waals surface area contributed by atoms with Crippen LogP contribution in [0.3, 0.4) is 0 Å². The minimum Gasteiger partial charge on any atom is -0.748 e. The van der Waals surface area contributed by atoms with Crippen molar-refractivity contribution in [1.82, 2.24) is 0 Å². The summed E-state index contributed by atoms with van der Waals surface area (Å²) in [6, 6.07) is 12.7. The quantitative estimate of drug-likeness (QED) is 0.637. The topological polar surface area (TPSA) is 81.3 Å². The van der Waals surface area contributed by atoms with Gasteiger partial charge in [-0.1, -0.05) is 36.4 Å². The molecule has 22 heavy (non-hydrogen) atoms. The number of benzene rings is 1. The molecule has 0 aliphatic carbocycles. The number of pyridine rings is 1. The molecule has 0 atom stereocenters. The van der Waals surface area contributed by atoms with Gasteiger partial charge in [0.25, 0.3) is 0 Å². The Morgan fingerprint density at radius 1 is 1.14 bits per heavy atom. The minimum atomic E-state index is -4.38. The van der Waals surface area contributed by atoms with Gasteiger partial charge in [-0.3, -0.25) is 0 Å². The molecule has 2 aromatic rings. The fourth-order valence-electron chi connectivity index (χ4n) is 2.09. The van der Waals surface area contributed by atoms with Crippen LogP contribution < -0.4 is 4.57 Å². The molecule has 2 rings (SSSR count). The van der Waals surface area contributed by atoms with Gasteiger partial charge in [0.05, 0.1) is 15.9 Å². The molecule has 6 heteroatoms. The highest BCUT2D eigenvalue weighted by molar-refractivity contribution is 7.86. The standard InChI is InChI=1S/C16H17NO4S/c18-11-10-17-8-6-15(7-9-17)16(13-22(19,20)21)12-14-4-2-1-3-5-14/h1-9,12,18H,10-11,13H2/b16-12-. The van der Waals surface area contributed by atoms with Crippen LogP contribution in [0.1, 0.15) is 11.1 Å². The van der Waals surface area contributed by atoms with Crippen LogP contribution in [0, 0.1) is 0 Å². The summed E-state index contributed by atoms with van der Waals surface area (Å²) in [5, 5.41) is 8.89. The zero-order chi connectivity index (χ0) is 16.0. The smallest absolute Gasteiger partial charge is 0.171 e. The number of hydrogen-bond acceptors (Lipinski definition) is 4. The highest BCUT2D eigenvalue weighted by atomic mass is 32.2.